The van der Waals surface area contributed by atoms with E-state index in [1.165, 1.54) is 12.1 Å². The lowest BCUT2D eigenvalue weighted by Crippen LogP contribution is -2.41. The molecule has 0 spiro atoms. The lowest BCUT2D eigenvalue weighted by molar-refractivity contribution is -0.141. The van der Waals surface area contributed by atoms with Crippen molar-refractivity contribution in [2.24, 2.45) is 0 Å². The summed E-state index contributed by atoms with van der Waals surface area (Å²) < 4.78 is 25.6. The van der Waals surface area contributed by atoms with Crippen molar-refractivity contribution in [3.63, 3.8) is 0 Å². The number of carboxylic acid groups (broad SMARTS) is 1. The van der Waals surface area contributed by atoms with Crippen molar-refractivity contribution >= 4 is 11.9 Å². The van der Waals surface area contributed by atoms with Crippen LogP contribution in [0, 0.1) is 11.6 Å². The van der Waals surface area contributed by atoms with Gasteiger partial charge in [-0.3, -0.25) is 4.79 Å². The zero-order valence-electron chi connectivity index (χ0n) is 10.0. The Kier molecular flexibility index (Phi) is 5.17. The third-order valence-corrected chi connectivity index (χ3v) is 2.38. The van der Waals surface area contributed by atoms with Crippen LogP contribution in [0.4, 0.5) is 8.78 Å². The first kappa shape index (κ1) is 14.8. The smallest absolute Gasteiger partial charge is 0.326 e. The van der Waals surface area contributed by atoms with Crippen LogP contribution in [-0.4, -0.2) is 23.0 Å². The maximum atomic E-state index is 12.9. The maximum Gasteiger partial charge on any atom is 0.326 e. The molecule has 6 heteroatoms. The van der Waals surface area contributed by atoms with Gasteiger partial charge in [0.1, 0.15) is 6.04 Å². The minimum atomic E-state index is -1.18. The Morgan fingerprint density at radius 3 is 2.58 bits per heavy atom. The summed E-state index contributed by atoms with van der Waals surface area (Å²) in [6, 6.07) is 2.01. The fourth-order valence-corrected chi connectivity index (χ4v) is 1.47. The van der Waals surface area contributed by atoms with Crippen LogP contribution in [0.15, 0.2) is 30.9 Å². The average molecular weight is 269 g/mol. The standard InChI is InChI=1S/C13H13F2NO3/c1-2-3-11(13(18)19)16-12(17)7-8-4-5-9(14)10(15)6-8/h2,4-6,11H,1,3,7H2,(H,16,17)(H,18,19)/t11-/m1/s1. The van der Waals surface area contributed by atoms with Crippen molar-refractivity contribution in [1.29, 1.82) is 0 Å². The fourth-order valence-electron chi connectivity index (χ4n) is 1.47. The summed E-state index contributed by atoms with van der Waals surface area (Å²) in [6.07, 6.45) is 1.23. The summed E-state index contributed by atoms with van der Waals surface area (Å²) in [6.45, 7) is 3.39. The van der Waals surface area contributed by atoms with Gasteiger partial charge in [0, 0.05) is 0 Å². The van der Waals surface area contributed by atoms with Crippen molar-refractivity contribution < 1.29 is 23.5 Å². The van der Waals surface area contributed by atoms with Gasteiger partial charge in [-0.2, -0.15) is 0 Å². The van der Waals surface area contributed by atoms with Crippen LogP contribution in [0.2, 0.25) is 0 Å². The number of hydrogen-bond donors (Lipinski definition) is 2. The van der Waals surface area contributed by atoms with E-state index >= 15 is 0 Å². The van der Waals surface area contributed by atoms with Crippen molar-refractivity contribution in [2.45, 2.75) is 18.9 Å². The molecule has 0 radical (unpaired) electrons. The molecule has 0 fully saturated rings. The Hall–Kier alpha value is -2.24. The van der Waals surface area contributed by atoms with Crippen LogP contribution in [-0.2, 0) is 16.0 Å². The molecule has 0 saturated carbocycles. The van der Waals surface area contributed by atoms with E-state index < -0.39 is 29.6 Å². The molecule has 1 aromatic carbocycles. The van der Waals surface area contributed by atoms with E-state index in [1.54, 1.807) is 0 Å². The third-order valence-electron chi connectivity index (χ3n) is 2.38. The van der Waals surface area contributed by atoms with Gasteiger partial charge >= 0.3 is 5.97 Å². The van der Waals surface area contributed by atoms with Gasteiger partial charge in [-0.25, -0.2) is 13.6 Å². The van der Waals surface area contributed by atoms with Crippen molar-refractivity contribution in [2.75, 3.05) is 0 Å². The highest BCUT2D eigenvalue weighted by molar-refractivity contribution is 5.84. The van der Waals surface area contributed by atoms with E-state index in [-0.39, 0.29) is 18.4 Å². The number of benzene rings is 1. The summed E-state index contributed by atoms with van der Waals surface area (Å²) in [7, 11) is 0. The van der Waals surface area contributed by atoms with Gasteiger partial charge in [0.2, 0.25) is 5.91 Å². The quantitative estimate of drug-likeness (QED) is 0.772. The monoisotopic (exact) mass is 269 g/mol. The van der Waals surface area contributed by atoms with Gasteiger partial charge in [0.05, 0.1) is 6.42 Å². The Labute approximate surface area is 108 Å². The minimum absolute atomic E-state index is 0.0822. The van der Waals surface area contributed by atoms with Gasteiger partial charge in [0.15, 0.2) is 11.6 Å². The molecule has 102 valence electrons. The average Bonchev–Trinajstić information content (AvgIpc) is 2.33. The molecule has 2 N–H and O–H groups in total. The van der Waals surface area contributed by atoms with E-state index in [9.17, 15) is 18.4 Å². The van der Waals surface area contributed by atoms with E-state index in [0.29, 0.717) is 0 Å². The number of carboxylic acids is 1. The Balaban J connectivity index is 2.65. The first-order valence-electron chi connectivity index (χ1n) is 5.51. The molecule has 0 aliphatic rings. The lowest BCUT2D eigenvalue weighted by Gasteiger charge is -2.12. The molecule has 19 heavy (non-hydrogen) atoms. The fraction of sp³-hybridized carbons (Fsp3) is 0.231. The first-order valence-corrected chi connectivity index (χ1v) is 5.51. The van der Waals surface area contributed by atoms with E-state index in [2.05, 4.69) is 11.9 Å². The van der Waals surface area contributed by atoms with Crippen LogP contribution >= 0.6 is 0 Å². The summed E-state index contributed by atoms with van der Waals surface area (Å²) >= 11 is 0. The topological polar surface area (TPSA) is 66.4 Å². The second-order valence-corrected chi connectivity index (χ2v) is 3.91. The predicted octanol–water partition coefficient (Wildman–Crippen LogP) is 1.65. The molecule has 1 atom stereocenters. The molecular formula is C13H13F2NO3. The van der Waals surface area contributed by atoms with Crippen LogP contribution in [0.3, 0.4) is 0 Å². The Morgan fingerprint density at radius 1 is 1.37 bits per heavy atom. The number of nitrogens with one attached hydrogen (secondary N) is 1. The van der Waals surface area contributed by atoms with E-state index in [0.717, 1.165) is 12.1 Å². The van der Waals surface area contributed by atoms with Crippen molar-refractivity contribution in [3.8, 4) is 0 Å². The summed E-state index contributed by atoms with van der Waals surface area (Å²) in [5.74, 6) is -3.82. The van der Waals surface area contributed by atoms with Gasteiger partial charge in [-0.05, 0) is 24.1 Å². The van der Waals surface area contributed by atoms with E-state index in [4.69, 9.17) is 5.11 Å². The zero-order chi connectivity index (χ0) is 14.4. The van der Waals surface area contributed by atoms with Crippen LogP contribution in [0.25, 0.3) is 0 Å². The molecule has 0 heterocycles. The van der Waals surface area contributed by atoms with Gasteiger partial charge in [-0.1, -0.05) is 12.1 Å². The lowest BCUT2D eigenvalue weighted by atomic mass is 10.1. The van der Waals surface area contributed by atoms with Crippen LogP contribution in [0.1, 0.15) is 12.0 Å². The second-order valence-electron chi connectivity index (χ2n) is 3.91. The maximum absolute atomic E-state index is 12.9. The molecule has 1 rings (SSSR count). The van der Waals surface area contributed by atoms with Crippen LogP contribution < -0.4 is 5.32 Å². The summed E-state index contributed by atoms with van der Waals surface area (Å²) in [4.78, 5) is 22.4. The first-order chi connectivity index (χ1) is 8.93. The minimum Gasteiger partial charge on any atom is -0.480 e. The summed E-state index contributed by atoms with van der Waals surface area (Å²) in [5, 5.41) is 11.1. The molecule has 0 bridgehead atoms. The number of hydrogen-bond acceptors (Lipinski definition) is 2. The highest BCUT2D eigenvalue weighted by Gasteiger charge is 2.18. The number of carbonyl (C=O) groups is 2. The van der Waals surface area contributed by atoms with Crippen molar-refractivity contribution in [3.05, 3.63) is 48.1 Å². The highest BCUT2D eigenvalue weighted by atomic mass is 19.2. The molecular weight excluding hydrogens is 256 g/mol. The SMILES string of the molecule is C=CC[C@@H](NC(=O)Cc1ccc(F)c(F)c1)C(=O)O. The molecule has 0 aliphatic heterocycles. The summed E-state index contributed by atoms with van der Waals surface area (Å²) in [5.41, 5.74) is 0.263. The zero-order valence-corrected chi connectivity index (χ0v) is 10.0. The second kappa shape index (κ2) is 6.63. The number of amides is 1. The molecule has 1 amide bonds. The number of rotatable bonds is 6. The van der Waals surface area contributed by atoms with Gasteiger partial charge in [-0.15, -0.1) is 6.58 Å². The molecule has 0 aromatic heterocycles. The van der Waals surface area contributed by atoms with Crippen molar-refractivity contribution in [1.82, 2.24) is 5.32 Å². The number of halogens is 2. The van der Waals surface area contributed by atoms with E-state index in [1.807, 2.05) is 0 Å². The largest absolute Gasteiger partial charge is 0.480 e. The molecule has 0 aliphatic carbocycles. The van der Waals surface area contributed by atoms with Gasteiger partial charge < -0.3 is 10.4 Å². The molecule has 0 unspecified atom stereocenters. The van der Waals surface area contributed by atoms with Crippen LogP contribution in [0.5, 0.6) is 0 Å². The highest BCUT2D eigenvalue weighted by Crippen LogP contribution is 2.09. The third kappa shape index (κ3) is 4.50. The molecule has 0 saturated heterocycles. The molecule has 1 aromatic rings. The predicted molar refractivity (Wildman–Crippen MR) is 64.4 cm³/mol. The van der Waals surface area contributed by atoms with Gasteiger partial charge in [0.25, 0.3) is 0 Å². The number of carbonyl (C=O) groups excluding carboxylic acids is 1. The number of aliphatic carboxylic acids is 1. The molecule has 4 nitrogen and oxygen atoms in total. The Morgan fingerprint density at radius 2 is 2.05 bits per heavy atom. The Bertz CT molecular complexity index is 503. The normalized spacial score (nSPS) is 11.7.